The minimum atomic E-state index is 0.445. The van der Waals surface area contributed by atoms with Gasteiger partial charge >= 0.3 is 0 Å². The van der Waals surface area contributed by atoms with Crippen LogP contribution in [-0.4, -0.2) is 41.7 Å². The van der Waals surface area contributed by atoms with Crippen LogP contribution in [0.1, 0.15) is 36.9 Å². The molecule has 0 spiro atoms. The molecule has 0 N–H and O–H groups in total. The second kappa shape index (κ2) is 8.50. The molecule has 0 bridgehead atoms. The van der Waals surface area contributed by atoms with Crippen molar-refractivity contribution in [2.24, 2.45) is 0 Å². The standard InChI is InChI=1S/C19H24ClN3O2/c1-3-25-19-10-16(20)15(9-18(19)24-2)12-23-8-4-5-14(11-23)17-6-7-21-13-22-17/h6-7,9-10,13-14H,3-5,8,11-12H2,1-2H3/t14-/m0/s1. The lowest BCUT2D eigenvalue weighted by Crippen LogP contribution is -2.34. The Morgan fingerprint density at radius 1 is 1.32 bits per heavy atom. The Kier molecular flexibility index (Phi) is 6.10. The highest BCUT2D eigenvalue weighted by atomic mass is 35.5. The number of likely N-dealkylation sites (tertiary alicyclic amines) is 1. The Hall–Kier alpha value is -1.85. The monoisotopic (exact) mass is 361 g/mol. The fourth-order valence-corrected chi connectivity index (χ4v) is 3.56. The second-order valence-electron chi connectivity index (χ2n) is 6.24. The fourth-order valence-electron chi connectivity index (χ4n) is 3.35. The summed E-state index contributed by atoms with van der Waals surface area (Å²) in [6.45, 7) is 5.36. The zero-order valence-corrected chi connectivity index (χ0v) is 15.5. The van der Waals surface area contributed by atoms with Crippen molar-refractivity contribution in [3.05, 3.63) is 47.0 Å². The predicted molar refractivity (Wildman–Crippen MR) is 98.5 cm³/mol. The van der Waals surface area contributed by atoms with Crippen LogP contribution in [0.15, 0.2) is 30.7 Å². The number of hydrogen-bond acceptors (Lipinski definition) is 5. The number of benzene rings is 1. The zero-order chi connectivity index (χ0) is 17.6. The summed E-state index contributed by atoms with van der Waals surface area (Å²) in [5, 5.41) is 0.716. The summed E-state index contributed by atoms with van der Waals surface area (Å²) < 4.78 is 11.0. The number of nitrogens with zero attached hydrogens (tertiary/aromatic N) is 3. The van der Waals surface area contributed by atoms with E-state index in [0.29, 0.717) is 23.3 Å². The van der Waals surface area contributed by atoms with E-state index in [4.69, 9.17) is 21.1 Å². The van der Waals surface area contributed by atoms with Crippen LogP contribution in [-0.2, 0) is 6.54 Å². The molecular formula is C19H24ClN3O2. The Morgan fingerprint density at radius 2 is 2.20 bits per heavy atom. The number of rotatable bonds is 6. The summed E-state index contributed by atoms with van der Waals surface area (Å²) in [7, 11) is 1.65. The lowest BCUT2D eigenvalue weighted by molar-refractivity contribution is 0.198. The maximum absolute atomic E-state index is 6.48. The average molecular weight is 362 g/mol. The molecule has 0 radical (unpaired) electrons. The van der Waals surface area contributed by atoms with E-state index < -0.39 is 0 Å². The summed E-state index contributed by atoms with van der Waals surface area (Å²) in [5.41, 5.74) is 2.18. The molecule has 6 heteroatoms. The molecule has 1 fully saturated rings. The third-order valence-electron chi connectivity index (χ3n) is 4.56. The molecule has 0 aliphatic carbocycles. The lowest BCUT2D eigenvalue weighted by atomic mass is 9.94. The molecular weight excluding hydrogens is 338 g/mol. The van der Waals surface area contributed by atoms with Crippen molar-refractivity contribution in [2.45, 2.75) is 32.2 Å². The number of methoxy groups -OCH3 is 1. The maximum Gasteiger partial charge on any atom is 0.162 e. The topological polar surface area (TPSA) is 47.5 Å². The maximum atomic E-state index is 6.48. The van der Waals surface area contributed by atoms with Crippen molar-refractivity contribution in [2.75, 3.05) is 26.8 Å². The summed E-state index contributed by atoms with van der Waals surface area (Å²) in [4.78, 5) is 10.9. The van der Waals surface area contributed by atoms with Crippen LogP contribution in [0, 0.1) is 0 Å². The molecule has 1 atom stereocenters. The van der Waals surface area contributed by atoms with Crippen LogP contribution in [0.25, 0.3) is 0 Å². The van der Waals surface area contributed by atoms with Gasteiger partial charge in [-0.3, -0.25) is 4.90 Å². The van der Waals surface area contributed by atoms with Gasteiger partial charge in [-0.2, -0.15) is 0 Å². The Morgan fingerprint density at radius 3 is 2.92 bits per heavy atom. The molecule has 0 amide bonds. The van der Waals surface area contributed by atoms with E-state index in [1.807, 2.05) is 31.3 Å². The van der Waals surface area contributed by atoms with Crippen LogP contribution in [0.5, 0.6) is 11.5 Å². The first kappa shape index (κ1) is 18.0. The van der Waals surface area contributed by atoms with E-state index in [-0.39, 0.29) is 0 Å². The number of halogens is 1. The molecule has 2 heterocycles. The first-order valence-electron chi connectivity index (χ1n) is 8.68. The van der Waals surface area contributed by atoms with Crippen LogP contribution < -0.4 is 9.47 Å². The number of ether oxygens (including phenoxy) is 2. The minimum Gasteiger partial charge on any atom is -0.493 e. The van der Waals surface area contributed by atoms with E-state index >= 15 is 0 Å². The van der Waals surface area contributed by atoms with Gasteiger partial charge in [-0.1, -0.05) is 11.6 Å². The molecule has 1 aromatic carbocycles. The van der Waals surface area contributed by atoms with Gasteiger partial charge in [-0.25, -0.2) is 9.97 Å². The van der Waals surface area contributed by atoms with E-state index in [9.17, 15) is 0 Å². The van der Waals surface area contributed by atoms with Crippen LogP contribution in [0.4, 0.5) is 0 Å². The summed E-state index contributed by atoms with van der Waals surface area (Å²) in [6, 6.07) is 5.85. The van der Waals surface area contributed by atoms with E-state index in [0.717, 1.165) is 49.5 Å². The van der Waals surface area contributed by atoms with Gasteiger partial charge in [0.05, 0.1) is 13.7 Å². The van der Waals surface area contributed by atoms with Gasteiger partial charge in [0, 0.05) is 42.0 Å². The SMILES string of the molecule is CCOc1cc(Cl)c(CN2CCC[C@H](c3ccncn3)C2)cc1OC. The van der Waals surface area contributed by atoms with E-state index in [2.05, 4.69) is 14.9 Å². The third kappa shape index (κ3) is 4.41. The lowest BCUT2D eigenvalue weighted by Gasteiger charge is -2.32. The first-order valence-corrected chi connectivity index (χ1v) is 9.06. The molecule has 1 aliphatic heterocycles. The van der Waals surface area contributed by atoms with Gasteiger partial charge < -0.3 is 9.47 Å². The molecule has 5 nitrogen and oxygen atoms in total. The molecule has 3 rings (SSSR count). The Labute approximate surface area is 153 Å². The molecule has 1 aliphatic rings. The highest BCUT2D eigenvalue weighted by Crippen LogP contribution is 2.35. The van der Waals surface area contributed by atoms with Gasteiger partial charge in [0.25, 0.3) is 0 Å². The summed E-state index contributed by atoms with van der Waals surface area (Å²) in [5.74, 6) is 1.86. The normalized spacial score (nSPS) is 18.1. The van der Waals surface area contributed by atoms with Crippen molar-refractivity contribution in [1.29, 1.82) is 0 Å². The average Bonchev–Trinajstić information content (AvgIpc) is 2.65. The van der Waals surface area contributed by atoms with Crippen LogP contribution in [0.3, 0.4) is 0 Å². The molecule has 0 unspecified atom stereocenters. The molecule has 134 valence electrons. The Balaban J connectivity index is 1.73. The zero-order valence-electron chi connectivity index (χ0n) is 14.7. The van der Waals surface area contributed by atoms with E-state index in [1.165, 1.54) is 0 Å². The van der Waals surface area contributed by atoms with Crippen molar-refractivity contribution in [3.8, 4) is 11.5 Å². The van der Waals surface area contributed by atoms with Gasteiger partial charge in [-0.15, -0.1) is 0 Å². The van der Waals surface area contributed by atoms with Crippen molar-refractivity contribution < 1.29 is 9.47 Å². The molecule has 1 saturated heterocycles. The molecule has 2 aromatic rings. The summed E-state index contributed by atoms with van der Waals surface area (Å²) in [6.07, 6.45) is 5.76. The van der Waals surface area contributed by atoms with Gasteiger partial charge in [0.2, 0.25) is 0 Å². The third-order valence-corrected chi connectivity index (χ3v) is 4.91. The smallest absolute Gasteiger partial charge is 0.162 e. The van der Waals surface area contributed by atoms with Crippen molar-refractivity contribution in [1.82, 2.24) is 14.9 Å². The largest absolute Gasteiger partial charge is 0.493 e. The minimum absolute atomic E-state index is 0.445. The van der Waals surface area contributed by atoms with Gasteiger partial charge in [0.1, 0.15) is 6.33 Å². The molecule has 25 heavy (non-hydrogen) atoms. The highest BCUT2D eigenvalue weighted by molar-refractivity contribution is 6.31. The number of piperidine rings is 1. The second-order valence-corrected chi connectivity index (χ2v) is 6.64. The Bertz CT molecular complexity index is 697. The van der Waals surface area contributed by atoms with Crippen LogP contribution in [0.2, 0.25) is 5.02 Å². The fraction of sp³-hybridized carbons (Fsp3) is 0.474. The molecule has 1 aromatic heterocycles. The number of aromatic nitrogens is 2. The quantitative estimate of drug-likeness (QED) is 0.780. The van der Waals surface area contributed by atoms with Crippen LogP contribution >= 0.6 is 11.6 Å². The van der Waals surface area contributed by atoms with E-state index in [1.54, 1.807) is 13.4 Å². The summed E-state index contributed by atoms with van der Waals surface area (Å²) >= 11 is 6.48. The van der Waals surface area contributed by atoms with Gasteiger partial charge in [0.15, 0.2) is 11.5 Å². The molecule has 0 saturated carbocycles. The van der Waals surface area contributed by atoms with Gasteiger partial charge in [-0.05, 0) is 44.0 Å². The van der Waals surface area contributed by atoms with Crippen molar-refractivity contribution >= 4 is 11.6 Å². The van der Waals surface area contributed by atoms with Crippen molar-refractivity contribution in [3.63, 3.8) is 0 Å². The predicted octanol–water partition coefficient (Wildman–Crippen LogP) is 3.92. The highest BCUT2D eigenvalue weighted by Gasteiger charge is 2.23. The number of hydrogen-bond donors (Lipinski definition) is 0. The first-order chi connectivity index (χ1) is 12.2.